The van der Waals surface area contributed by atoms with Crippen LogP contribution in [0.1, 0.15) is 51.6 Å². The molecule has 4 rings (SSSR count). The lowest BCUT2D eigenvalue weighted by molar-refractivity contribution is 0.102. The molecular formula is C27H28N2O2. The second-order valence-electron chi connectivity index (χ2n) is 8.37. The van der Waals surface area contributed by atoms with Crippen LogP contribution in [0.4, 0.5) is 5.69 Å². The van der Waals surface area contributed by atoms with Crippen LogP contribution >= 0.6 is 0 Å². The fraction of sp³-hybridized carbons (Fsp3) is 0.259. The Balaban J connectivity index is 1.45. The number of piperidine rings is 1. The van der Waals surface area contributed by atoms with Crippen LogP contribution in [0.5, 0.6) is 0 Å². The van der Waals surface area contributed by atoms with Crippen molar-refractivity contribution in [3.8, 4) is 0 Å². The summed E-state index contributed by atoms with van der Waals surface area (Å²) in [5.41, 5.74) is 3.40. The third-order valence-electron chi connectivity index (χ3n) is 5.82. The zero-order valence-corrected chi connectivity index (χ0v) is 17.9. The highest BCUT2D eigenvalue weighted by Crippen LogP contribution is 2.21. The number of likely N-dealkylation sites (tertiary alicyclic amines) is 1. The van der Waals surface area contributed by atoms with E-state index < -0.39 is 0 Å². The smallest absolute Gasteiger partial charge is 0.255 e. The summed E-state index contributed by atoms with van der Waals surface area (Å²) in [5, 5.41) is 2.91. The molecule has 158 valence electrons. The molecule has 1 N–H and O–H groups in total. The number of amides is 1. The van der Waals surface area contributed by atoms with E-state index in [2.05, 4.69) is 17.1 Å². The van der Waals surface area contributed by atoms with E-state index in [1.165, 1.54) is 18.4 Å². The quantitative estimate of drug-likeness (QED) is 0.551. The van der Waals surface area contributed by atoms with Gasteiger partial charge in [0.25, 0.3) is 5.91 Å². The molecule has 1 heterocycles. The average Bonchev–Trinajstić information content (AvgIpc) is 2.80. The molecule has 0 aliphatic carbocycles. The lowest BCUT2D eigenvalue weighted by Gasteiger charge is -2.30. The Kier molecular flexibility index (Phi) is 6.58. The molecule has 3 aromatic rings. The first-order chi connectivity index (χ1) is 15.1. The maximum atomic E-state index is 12.9. The lowest BCUT2D eigenvalue weighted by Crippen LogP contribution is -2.33. The second kappa shape index (κ2) is 9.71. The molecule has 0 aromatic heterocycles. The number of nitrogens with one attached hydrogen (secondary N) is 1. The lowest BCUT2D eigenvalue weighted by atomic mass is 9.99. The number of para-hydroxylation sites is 1. The summed E-state index contributed by atoms with van der Waals surface area (Å²) < 4.78 is 0. The molecule has 31 heavy (non-hydrogen) atoms. The van der Waals surface area contributed by atoms with Crippen molar-refractivity contribution in [2.75, 3.05) is 18.4 Å². The normalized spacial score (nSPS) is 16.6. The maximum absolute atomic E-state index is 12.9. The monoisotopic (exact) mass is 412 g/mol. The highest BCUT2D eigenvalue weighted by molar-refractivity contribution is 6.15. The summed E-state index contributed by atoms with van der Waals surface area (Å²) in [6.07, 6.45) is 2.56. The summed E-state index contributed by atoms with van der Waals surface area (Å²) in [6, 6.07) is 24.0. The van der Waals surface area contributed by atoms with Gasteiger partial charge in [-0.1, -0.05) is 61.5 Å². The Morgan fingerprint density at radius 2 is 1.61 bits per heavy atom. The predicted molar refractivity (Wildman–Crippen MR) is 124 cm³/mol. The summed E-state index contributed by atoms with van der Waals surface area (Å²) >= 11 is 0. The minimum absolute atomic E-state index is 0.109. The molecule has 1 aliphatic heterocycles. The number of rotatable bonds is 6. The van der Waals surface area contributed by atoms with Crippen LogP contribution in [0.25, 0.3) is 0 Å². The standard InChI is InChI=1S/C27H28N2O2/c1-20-8-7-17-29(18-20)19-21-13-15-23(16-14-21)27(31)28-25-12-6-5-11-24(25)26(30)22-9-3-2-4-10-22/h2-6,9-16,20H,7-8,17-19H2,1H3,(H,28,31)/t20-/m1/s1. The zero-order chi connectivity index (χ0) is 21.6. The van der Waals surface area contributed by atoms with Crippen LogP contribution in [0.2, 0.25) is 0 Å². The summed E-state index contributed by atoms with van der Waals surface area (Å²) in [7, 11) is 0. The molecule has 4 nitrogen and oxygen atoms in total. The van der Waals surface area contributed by atoms with Crippen molar-refractivity contribution in [2.45, 2.75) is 26.3 Å². The van der Waals surface area contributed by atoms with E-state index in [9.17, 15) is 9.59 Å². The predicted octanol–water partition coefficient (Wildman–Crippen LogP) is 5.40. The number of carbonyl (C=O) groups excluding carboxylic acids is 2. The Morgan fingerprint density at radius 1 is 0.903 bits per heavy atom. The van der Waals surface area contributed by atoms with Gasteiger partial charge in [-0.3, -0.25) is 14.5 Å². The Labute approximate surface area is 183 Å². The van der Waals surface area contributed by atoms with Crippen LogP contribution in [-0.4, -0.2) is 29.7 Å². The van der Waals surface area contributed by atoms with Crippen molar-refractivity contribution in [3.05, 3.63) is 101 Å². The second-order valence-corrected chi connectivity index (χ2v) is 8.37. The molecule has 0 saturated carbocycles. The van der Waals surface area contributed by atoms with Crippen molar-refractivity contribution in [1.29, 1.82) is 0 Å². The van der Waals surface area contributed by atoms with E-state index in [0.29, 0.717) is 22.4 Å². The Morgan fingerprint density at radius 3 is 2.35 bits per heavy atom. The summed E-state index contributed by atoms with van der Waals surface area (Å²) in [4.78, 5) is 28.2. The number of nitrogens with zero attached hydrogens (tertiary/aromatic N) is 1. The van der Waals surface area contributed by atoms with Gasteiger partial charge >= 0.3 is 0 Å². The van der Waals surface area contributed by atoms with Crippen LogP contribution in [0, 0.1) is 5.92 Å². The highest BCUT2D eigenvalue weighted by atomic mass is 16.1. The van der Waals surface area contributed by atoms with Gasteiger partial charge in [-0.2, -0.15) is 0 Å². The third-order valence-corrected chi connectivity index (χ3v) is 5.82. The number of hydrogen-bond donors (Lipinski definition) is 1. The first kappa shape index (κ1) is 21.0. The van der Waals surface area contributed by atoms with E-state index >= 15 is 0 Å². The van der Waals surface area contributed by atoms with Gasteiger partial charge in [0.05, 0.1) is 5.69 Å². The van der Waals surface area contributed by atoms with Crippen LogP contribution in [-0.2, 0) is 6.54 Å². The molecule has 1 atom stereocenters. The van der Waals surface area contributed by atoms with Gasteiger partial charge in [-0.15, -0.1) is 0 Å². The van der Waals surface area contributed by atoms with Crippen molar-refractivity contribution >= 4 is 17.4 Å². The fourth-order valence-corrected chi connectivity index (χ4v) is 4.18. The first-order valence-corrected chi connectivity index (χ1v) is 10.9. The van der Waals surface area contributed by atoms with E-state index in [4.69, 9.17) is 0 Å². The number of benzene rings is 3. The topological polar surface area (TPSA) is 49.4 Å². The molecule has 3 aromatic carbocycles. The van der Waals surface area contributed by atoms with Gasteiger partial charge in [-0.05, 0) is 55.1 Å². The molecule has 1 aliphatic rings. The van der Waals surface area contributed by atoms with Gasteiger partial charge in [0.2, 0.25) is 0 Å². The van der Waals surface area contributed by atoms with Crippen LogP contribution in [0.3, 0.4) is 0 Å². The molecule has 0 bridgehead atoms. The highest BCUT2D eigenvalue weighted by Gasteiger charge is 2.17. The number of ketones is 1. The third kappa shape index (κ3) is 5.28. The van der Waals surface area contributed by atoms with Gasteiger partial charge in [0.15, 0.2) is 5.78 Å². The molecule has 1 saturated heterocycles. The largest absolute Gasteiger partial charge is 0.321 e. The molecule has 0 radical (unpaired) electrons. The summed E-state index contributed by atoms with van der Waals surface area (Å²) in [6.45, 7) is 5.49. The Bertz CT molecular complexity index is 1040. The SMILES string of the molecule is C[C@@H]1CCCN(Cc2ccc(C(=O)Nc3ccccc3C(=O)c3ccccc3)cc2)C1. The Hall–Kier alpha value is -3.24. The molecule has 0 unspecified atom stereocenters. The minimum Gasteiger partial charge on any atom is -0.321 e. The van der Waals surface area contributed by atoms with Crippen molar-refractivity contribution in [3.63, 3.8) is 0 Å². The number of carbonyl (C=O) groups is 2. The van der Waals surface area contributed by atoms with Gasteiger partial charge in [-0.25, -0.2) is 0 Å². The van der Waals surface area contributed by atoms with E-state index in [0.717, 1.165) is 25.6 Å². The maximum Gasteiger partial charge on any atom is 0.255 e. The van der Waals surface area contributed by atoms with Crippen molar-refractivity contribution < 1.29 is 9.59 Å². The van der Waals surface area contributed by atoms with E-state index in [1.807, 2.05) is 54.6 Å². The van der Waals surface area contributed by atoms with E-state index in [1.54, 1.807) is 24.3 Å². The molecular weight excluding hydrogens is 384 g/mol. The average molecular weight is 413 g/mol. The minimum atomic E-state index is -0.216. The number of anilines is 1. The molecule has 1 fully saturated rings. The van der Waals surface area contributed by atoms with Crippen LogP contribution < -0.4 is 5.32 Å². The molecule has 0 spiro atoms. The van der Waals surface area contributed by atoms with Gasteiger partial charge in [0.1, 0.15) is 0 Å². The van der Waals surface area contributed by atoms with Crippen molar-refractivity contribution in [2.24, 2.45) is 5.92 Å². The van der Waals surface area contributed by atoms with Crippen LogP contribution in [0.15, 0.2) is 78.9 Å². The van der Waals surface area contributed by atoms with Gasteiger partial charge in [0, 0.05) is 29.8 Å². The number of hydrogen-bond acceptors (Lipinski definition) is 3. The van der Waals surface area contributed by atoms with Gasteiger partial charge < -0.3 is 5.32 Å². The fourth-order valence-electron chi connectivity index (χ4n) is 4.18. The summed E-state index contributed by atoms with van der Waals surface area (Å²) in [5.74, 6) is 0.423. The van der Waals surface area contributed by atoms with Crippen molar-refractivity contribution in [1.82, 2.24) is 4.90 Å². The zero-order valence-electron chi connectivity index (χ0n) is 17.9. The molecule has 4 heteroatoms. The van der Waals surface area contributed by atoms with E-state index in [-0.39, 0.29) is 11.7 Å². The first-order valence-electron chi connectivity index (χ1n) is 10.9. The molecule has 1 amide bonds.